The zero-order valence-electron chi connectivity index (χ0n) is 11.4. The predicted molar refractivity (Wildman–Crippen MR) is 77.0 cm³/mol. The number of nitrogens with one attached hydrogen (secondary N) is 1. The Hall–Kier alpha value is -1.31. The van der Waals surface area contributed by atoms with Crippen LogP contribution < -0.4 is 10.1 Å². The normalized spacial score (nSPS) is 22.6. The van der Waals surface area contributed by atoms with Crippen LogP contribution in [0.5, 0.6) is 5.75 Å². The van der Waals surface area contributed by atoms with E-state index in [1.54, 1.807) is 6.07 Å². The zero-order valence-corrected chi connectivity index (χ0v) is 13.0. The number of nitrogens with zero attached hydrogens (tertiary/aromatic N) is 1. The fraction of sp³-hybridized carbons (Fsp3) is 0.462. The third-order valence-corrected chi connectivity index (χ3v) is 5.67. The second-order valence-corrected chi connectivity index (χ2v) is 7.56. The summed E-state index contributed by atoms with van der Waals surface area (Å²) < 4.78 is 32.0. The predicted octanol–water partition coefficient (Wildman–Crippen LogP) is 0.784. The van der Waals surface area contributed by atoms with Crippen LogP contribution in [-0.2, 0) is 21.2 Å². The molecule has 1 fully saturated rings. The quantitative estimate of drug-likeness (QED) is 0.869. The Morgan fingerprint density at radius 1 is 1.43 bits per heavy atom. The van der Waals surface area contributed by atoms with Crippen molar-refractivity contribution in [1.82, 2.24) is 9.62 Å². The average Bonchev–Trinajstić information content (AvgIpc) is 2.80. The summed E-state index contributed by atoms with van der Waals surface area (Å²) in [7, 11) is -3.72. The maximum atomic E-state index is 12.6. The van der Waals surface area contributed by atoms with Gasteiger partial charge in [0, 0.05) is 25.1 Å². The number of sulfonamides is 1. The Labute approximate surface area is 128 Å². The van der Waals surface area contributed by atoms with Crippen LogP contribution in [0, 0.1) is 0 Å². The molecular formula is C13H15ClN2O4S. The lowest BCUT2D eigenvalue weighted by Crippen LogP contribution is -2.49. The SMILES string of the molecule is CC1Cc2cc(S(=O)(=O)N3CCNC(=O)C3)cc(Cl)c2O1. The molecule has 2 aliphatic heterocycles. The molecule has 0 spiro atoms. The van der Waals surface area contributed by atoms with Gasteiger partial charge < -0.3 is 10.1 Å². The van der Waals surface area contributed by atoms with E-state index in [0.717, 1.165) is 5.56 Å². The minimum atomic E-state index is -3.72. The van der Waals surface area contributed by atoms with Gasteiger partial charge in [-0.05, 0) is 19.1 Å². The molecule has 2 aliphatic rings. The molecule has 1 aromatic rings. The van der Waals surface area contributed by atoms with E-state index in [9.17, 15) is 13.2 Å². The van der Waals surface area contributed by atoms with Gasteiger partial charge in [0.15, 0.2) is 0 Å². The van der Waals surface area contributed by atoms with Crippen LogP contribution in [-0.4, -0.2) is 44.4 Å². The second-order valence-electron chi connectivity index (χ2n) is 5.21. The van der Waals surface area contributed by atoms with Gasteiger partial charge in [-0.15, -0.1) is 0 Å². The summed E-state index contributed by atoms with van der Waals surface area (Å²) in [5, 5.41) is 2.89. The lowest BCUT2D eigenvalue weighted by Gasteiger charge is -2.26. The maximum Gasteiger partial charge on any atom is 0.243 e. The topological polar surface area (TPSA) is 75.7 Å². The van der Waals surface area contributed by atoms with Crippen molar-refractivity contribution in [2.75, 3.05) is 19.6 Å². The summed E-state index contributed by atoms with van der Waals surface area (Å²) in [5.74, 6) is 0.258. The molecular weight excluding hydrogens is 316 g/mol. The number of carbonyl (C=O) groups excluding carboxylic acids is 1. The average molecular weight is 331 g/mol. The summed E-state index contributed by atoms with van der Waals surface area (Å²) in [6.45, 7) is 2.32. The highest BCUT2D eigenvalue weighted by Crippen LogP contribution is 2.38. The van der Waals surface area contributed by atoms with Gasteiger partial charge in [-0.1, -0.05) is 11.6 Å². The number of halogens is 1. The molecule has 0 aromatic heterocycles. The summed E-state index contributed by atoms with van der Waals surface area (Å²) >= 11 is 6.13. The molecule has 0 radical (unpaired) electrons. The van der Waals surface area contributed by atoms with Crippen molar-refractivity contribution >= 4 is 27.5 Å². The molecule has 2 heterocycles. The molecule has 0 bridgehead atoms. The fourth-order valence-corrected chi connectivity index (χ4v) is 4.40. The number of hydrogen-bond donors (Lipinski definition) is 1. The van der Waals surface area contributed by atoms with Crippen molar-refractivity contribution in [3.63, 3.8) is 0 Å². The van der Waals surface area contributed by atoms with Crippen LogP contribution in [0.25, 0.3) is 0 Å². The third kappa shape index (κ3) is 2.61. The molecule has 21 heavy (non-hydrogen) atoms. The van der Waals surface area contributed by atoms with E-state index in [-0.39, 0.29) is 35.0 Å². The molecule has 8 heteroatoms. The van der Waals surface area contributed by atoms with Gasteiger partial charge in [-0.2, -0.15) is 4.31 Å². The first-order valence-corrected chi connectivity index (χ1v) is 8.45. The maximum absolute atomic E-state index is 12.6. The zero-order chi connectivity index (χ0) is 15.2. The number of benzene rings is 1. The second kappa shape index (κ2) is 5.15. The van der Waals surface area contributed by atoms with Gasteiger partial charge >= 0.3 is 0 Å². The molecule has 1 amide bonds. The van der Waals surface area contributed by atoms with E-state index in [2.05, 4.69) is 5.32 Å². The number of ether oxygens (including phenoxy) is 1. The van der Waals surface area contributed by atoms with Gasteiger partial charge in [0.05, 0.1) is 16.5 Å². The highest BCUT2D eigenvalue weighted by molar-refractivity contribution is 7.89. The Balaban J connectivity index is 1.98. The summed E-state index contributed by atoms with van der Waals surface area (Å²) in [4.78, 5) is 11.5. The molecule has 0 saturated carbocycles. The number of piperazine rings is 1. The van der Waals surface area contributed by atoms with E-state index in [0.29, 0.717) is 18.7 Å². The van der Waals surface area contributed by atoms with Gasteiger partial charge in [0.25, 0.3) is 0 Å². The molecule has 6 nitrogen and oxygen atoms in total. The standard InChI is InChI=1S/C13H15ClN2O4S/c1-8-4-9-5-10(6-11(14)13(9)20-8)21(18,19)16-3-2-15-12(17)7-16/h5-6,8H,2-4,7H2,1H3,(H,15,17). The van der Waals surface area contributed by atoms with E-state index < -0.39 is 10.0 Å². The first-order chi connectivity index (χ1) is 9.88. The summed E-state index contributed by atoms with van der Waals surface area (Å²) in [6.07, 6.45) is 0.607. The van der Waals surface area contributed by atoms with Crippen molar-refractivity contribution in [1.29, 1.82) is 0 Å². The Morgan fingerprint density at radius 2 is 2.19 bits per heavy atom. The fourth-order valence-electron chi connectivity index (χ4n) is 2.58. The molecule has 0 aliphatic carbocycles. The van der Waals surface area contributed by atoms with Crippen molar-refractivity contribution in [2.45, 2.75) is 24.3 Å². The first kappa shape index (κ1) is 14.6. The molecule has 114 valence electrons. The van der Waals surface area contributed by atoms with Crippen molar-refractivity contribution in [3.8, 4) is 5.75 Å². The number of hydrogen-bond acceptors (Lipinski definition) is 4. The van der Waals surface area contributed by atoms with Crippen molar-refractivity contribution < 1.29 is 17.9 Å². The third-order valence-electron chi connectivity index (χ3n) is 3.56. The van der Waals surface area contributed by atoms with Crippen LogP contribution in [0.2, 0.25) is 5.02 Å². The molecule has 1 unspecified atom stereocenters. The van der Waals surface area contributed by atoms with Gasteiger partial charge in [0.2, 0.25) is 15.9 Å². The Bertz CT molecular complexity index is 704. The van der Waals surface area contributed by atoms with Gasteiger partial charge in [-0.25, -0.2) is 8.42 Å². The van der Waals surface area contributed by atoms with Crippen LogP contribution in [0.15, 0.2) is 17.0 Å². The number of rotatable bonds is 2. The minimum absolute atomic E-state index is 0.0174. The Morgan fingerprint density at radius 3 is 2.90 bits per heavy atom. The smallest absolute Gasteiger partial charge is 0.243 e. The molecule has 3 rings (SSSR count). The minimum Gasteiger partial charge on any atom is -0.489 e. The number of amides is 1. The highest BCUT2D eigenvalue weighted by atomic mass is 35.5. The van der Waals surface area contributed by atoms with Crippen molar-refractivity contribution in [2.24, 2.45) is 0 Å². The van der Waals surface area contributed by atoms with Crippen LogP contribution in [0.1, 0.15) is 12.5 Å². The summed E-state index contributed by atoms with van der Waals surface area (Å²) in [5.41, 5.74) is 0.787. The largest absolute Gasteiger partial charge is 0.489 e. The van der Waals surface area contributed by atoms with Crippen molar-refractivity contribution in [3.05, 3.63) is 22.7 Å². The lowest BCUT2D eigenvalue weighted by atomic mass is 10.1. The number of carbonyl (C=O) groups is 1. The van der Waals surface area contributed by atoms with Crippen LogP contribution >= 0.6 is 11.6 Å². The Kier molecular flexibility index (Phi) is 3.59. The van der Waals surface area contributed by atoms with Crippen LogP contribution in [0.3, 0.4) is 0 Å². The van der Waals surface area contributed by atoms with E-state index >= 15 is 0 Å². The van der Waals surface area contributed by atoms with Gasteiger partial charge in [-0.3, -0.25) is 4.79 Å². The van der Waals surface area contributed by atoms with E-state index in [1.165, 1.54) is 10.4 Å². The molecule has 1 atom stereocenters. The van der Waals surface area contributed by atoms with Crippen LogP contribution in [0.4, 0.5) is 0 Å². The first-order valence-electron chi connectivity index (χ1n) is 6.64. The lowest BCUT2D eigenvalue weighted by molar-refractivity contribution is -0.122. The van der Waals surface area contributed by atoms with E-state index in [4.69, 9.17) is 16.3 Å². The monoisotopic (exact) mass is 330 g/mol. The number of fused-ring (bicyclic) bond motifs is 1. The highest BCUT2D eigenvalue weighted by Gasteiger charge is 2.32. The van der Waals surface area contributed by atoms with Gasteiger partial charge in [0.1, 0.15) is 11.9 Å². The summed E-state index contributed by atoms with van der Waals surface area (Å²) in [6, 6.07) is 2.98. The molecule has 1 saturated heterocycles. The van der Waals surface area contributed by atoms with E-state index in [1.807, 2.05) is 6.92 Å². The molecule has 1 N–H and O–H groups in total. The molecule has 1 aromatic carbocycles.